The minimum atomic E-state index is -0.0498. The van der Waals surface area contributed by atoms with E-state index in [2.05, 4.69) is 51.3 Å². The molecule has 0 aromatic heterocycles. The lowest BCUT2D eigenvalue weighted by Gasteiger charge is -2.21. The van der Waals surface area contributed by atoms with E-state index in [-0.39, 0.29) is 49.3 Å². The van der Waals surface area contributed by atoms with Crippen molar-refractivity contribution in [2.45, 2.75) is 478 Å². The summed E-state index contributed by atoms with van der Waals surface area (Å²) < 4.78 is 22.9. The Kier molecular flexibility index (Phi) is 85.5. The van der Waals surface area contributed by atoms with Crippen LogP contribution in [0.25, 0.3) is 0 Å². The van der Waals surface area contributed by atoms with Crippen LogP contribution in [0.1, 0.15) is 465 Å². The Morgan fingerprint density at radius 3 is 0.660 bits per heavy atom. The smallest absolute Gasteiger partial charge is 0.306 e. The van der Waals surface area contributed by atoms with E-state index in [4.69, 9.17) is 18.9 Å². The van der Waals surface area contributed by atoms with Gasteiger partial charge in [0.25, 0.3) is 0 Å². The third kappa shape index (κ3) is 79.8. The van der Waals surface area contributed by atoms with Gasteiger partial charge in [-0.25, -0.2) is 0 Å². The van der Waals surface area contributed by atoms with E-state index in [0.29, 0.717) is 45.4 Å². The monoisotopic (exact) mass is 1420 g/mol. The van der Waals surface area contributed by atoms with Gasteiger partial charge in [-0.15, -0.1) is 0 Å². The Labute approximate surface area is 622 Å². The Morgan fingerprint density at radius 1 is 0.230 bits per heavy atom. The molecule has 0 saturated carbocycles. The number of hydrogen-bond acceptors (Lipinski definition) is 12. The van der Waals surface area contributed by atoms with Crippen LogP contribution < -0.4 is 0 Å². The molecular formula is C88H174N2O10. The van der Waals surface area contributed by atoms with Gasteiger partial charge in [0.2, 0.25) is 0 Å². The second-order valence-corrected chi connectivity index (χ2v) is 30.3. The molecule has 0 rings (SSSR count). The van der Waals surface area contributed by atoms with Gasteiger partial charge < -0.3 is 39.0 Å². The molecule has 0 aliphatic carbocycles. The molecule has 596 valence electrons. The van der Waals surface area contributed by atoms with Crippen LogP contribution in [0.5, 0.6) is 0 Å². The van der Waals surface area contributed by atoms with Crippen molar-refractivity contribution in [1.29, 1.82) is 0 Å². The highest BCUT2D eigenvalue weighted by Crippen LogP contribution is 2.22. The van der Waals surface area contributed by atoms with Gasteiger partial charge in [0, 0.05) is 38.8 Å². The fourth-order valence-corrected chi connectivity index (χ4v) is 13.8. The first kappa shape index (κ1) is 99.8. The maximum absolute atomic E-state index is 12.7. The number of aliphatic hydroxyl groups excluding tert-OH is 2. The lowest BCUT2D eigenvalue weighted by molar-refractivity contribution is -0.151. The molecule has 12 heteroatoms. The molecule has 12 nitrogen and oxygen atoms in total. The van der Waals surface area contributed by atoms with Gasteiger partial charge in [0.05, 0.1) is 26.4 Å². The van der Waals surface area contributed by atoms with Crippen molar-refractivity contribution in [3.63, 3.8) is 0 Å². The minimum absolute atomic E-state index is 0.00755. The molecule has 100 heavy (non-hydrogen) atoms. The molecular weight excluding hydrogens is 1240 g/mol. The summed E-state index contributed by atoms with van der Waals surface area (Å²) in [4.78, 5) is 54.2. The number of rotatable bonds is 82. The zero-order valence-electron chi connectivity index (χ0n) is 67.9. The molecule has 0 saturated heterocycles. The van der Waals surface area contributed by atoms with Crippen molar-refractivity contribution >= 4 is 23.9 Å². The second kappa shape index (κ2) is 85.6. The van der Waals surface area contributed by atoms with Gasteiger partial charge in [-0.3, -0.25) is 19.2 Å². The predicted molar refractivity (Wildman–Crippen MR) is 427 cm³/mol. The Bertz CT molecular complexity index is 1600. The fraction of sp³-hybridized carbons (Fsp3) is 0.955. The average molecular weight is 1420 g/mol. The fourth-order valence-electron chi connectivity index (χ4n) is 13.8. The standard InChI is InChI=1S/2C44H87NO5/c1-4-7-10-13-16-25-32-41-49-43(47)35-28-21-17-23-30-37-45(39-40-46)38-31-24-18-22-29-36-44(48)50-42(33-26-19-14-11-8-5-2)34-27-20-15-12-9-6-3;1-4-7-10-13-16-17-18-24-32-41-49-43(47)35-29-25-31-38-45(39-40-46)37-30-23-19-22-28-36-44(48)50-42(33-26-20-14-11-8-5-2)34-27-21-15-12-9-6-3/h2*42,46H,4-41H2,1-3H3. The highest BCUT2D eigenvalue weighted by molar-refractivity contribution is 5.70. The van der Waals surface area contributed by atoms with Crippen LogP contribution in [-0.2, 0) is 38.1 Å². The molecule has 0 aromatic carbocycles. The summed E-state index contributed by atoms with van der Waals surface area (Å²) in [5, 5.41) is 19.1. The van der Waals surface area contributed by atoms with Crippen molar-refractivity contribution in [2.24, 2.45) is 0 Å². The minimum Gasteiger partial charge on any atom is -0.466 e. The zero-order chi connectivity index (χ0) is 73.2. The van der Waals surface area contributed by atoms with E-state index in [0.717, 1.165) is 180 Å². The van der Waals surface area contributed by atoms with Gasteiger partial charge in [0.1, 0.15) is 12.2 Å². The van der Waals surface area contributed by atoms with Crippen LogP contribution in [0.3, 0.4) is 0 Å². The number of unbranched alkanes of at least 4 members (excludes halogenated alkanes) is 48. The summed E-state index contributed by atoms with van der Waals surface area (Å²) in [5.41, 5.74) is 0. The largest absolute Gasteiger partial charge is 0.466 e. The van der Waals surface area contributed by atoms with E-state index < -0.39 is 0 Å². The molecule has 0 unspecified atom stereocenters. The number of aliphatic hydroxyl groups is 2. The molecule has 0 aliphatic rings. The van der Waals surface area contributed by atoms with E-state index in [9.17, 15) is 29.4 Å². The van der Waals surface area contributed by atoms with Crippen molar-refractivity contribution in [2.75, 3.05) is 65.7 Å². The van der Waals surface area contributed by atoms with E-state index >= 15 is 0 Å². The number of carbonyl (C=O) groups excluding carboxylic acids is 4. The quantitative estimate of drug-likeness (QED) is 0.0339. The molecule has 0 aromatic rings. The lowest BCUT2D eigenvalue weighted by atomic mass is 10.0. The number of ether oxygens (including phenoxy) is 4. The molecule has 0 fully saturated rings. The van der Waals surface area contributed by atoms with Crippen LogP contribution in [0.2, 0.25) is 0 Å². The van der Waals surface area contributed by atoms with E-state index in [1.165, 1.54) is 250 Å². The second-order valence-electron chi connectivity index (χ2n) is 30.3. The van der Waals surface area contributed by atoms with Crippen LogP contribution in [0, 0.1) is 0 Å². The van der Waals surface area contributed by atoms with E-state index in [1.54, 1.807) is 0 Å². The molecule has 2 N–H and O–H groups in total. The molecule has 0 amide bonds. The highest BCUT2D eigenvalue weighted by atomic mass is 16.6. The van der Waals surface area contributed by atoms with Crippen molar-refractivity contribution in [3.8, 4) is 0 Å². The summed E-state index contributed by atoms with van der Waals surface area (Å²) in [5.74, 6) is -0.0598. The van der Waals surface area contributed by atoms with Crippen LogP contribution >= 0.6 is 0 Å². The van der Waals surface area contributed by atoms with Gasteiger partial charge >= 0.3 is 23.9 Å². The first-order chi connectivity index (χ1) is 49.1. The van der Waals surface area contributed by atoms with E-state index in [1.807, 2.05) is 0 Å². The zero-order valence-corrected chi connectivity index (χ0v) is 67.9. The summed E-state index contributed by atoms with van der Waals surface area (Å²) in [6.45, 7) is 20.6. The summed E-state index contributed by atoms with van der Waals surface area (Å²) in [7, 11) is 0. The SMILES string of the molecule is CCCCCCCCCCCOC(=O)CCCCCN(CCO)CCCCCCCC(=O)OC(CCCCCCCC)CCCCCCCC.CCCCCCCCCOC(=O)CCCCCCCN(CCO)CCCCCCCC(=O)OC(CCCCCCCC)CCCCCCCC. The third-order valence-electron chi connectivity index (χ3n) is 20.4. The predicted octanol–water partition coefficient (Wildman–Crippen LogP) is 25.3. The Balaban J connectivity index is 0. The molecule has 0 radical (unpaired) electrons. The summed E-state index contributed by atoms with van der Waals surface area (Å²) in [6.07, 6.45) is 76.7. The molecule has 0 heterocycles. The topological polar surface area (TPSA) is 152 Å². The third-order valence-corrected chi connectivity index (χ3v) is 20.4. The first-order valence-corrected chi connectivity index (χ1v) is 44.5. The van der Waals surface area contributed by atoms with Crippen molar-refractivity contribution in [1.82, 2.24) is 9.80 Å². The van der Waals surface area contributed by atoms with Crippen LogP contribution in [0.4, 0.5) is 0 Å². The van der Waals surface area contributed by atoms with Crippen LogP contribution in [0.15, 0.2) is 0 Å². The van der Waals surface area contributed by atoms with Gasteiger partial charge in [-0.1, -0.05) is 324 Å². The number of nitrogens with zero attached hydrogens (tertiary/aromatic N) is 2. The maximum Gasteiger partial charge on any atom is 0.306 e. The van der Waals surface area contributed by atoms with Gasteiger partial charge in [-0.05, 0) is 142 Å². The van der Waals surface area contributed by atoms with Crippen molar-refractivity contribution in [3.05, 3.63) is 0 Å². The van der Waals surface area contributed by atoms with Gasteiger partial charge in [-0.2, -0.15) is 0 Å². The van der Waals surface area contributed by atoms with Gasteiger partial charge in [0.15, 0.2) is 0 Å². The normalized spacial score (nSPS) is 11.6. The first-order valence-electron chi connectivity index (χ1n) is 44.5. The average Bonchev–Trinajstić information content (AvgIpc) is 1.58. The highest BCUT2D eigenvalue weighted by Gasteiger charge is 2.17. The lowest BCUT2D eigenvalue weighted by Crippen LogP contribution is -2.29. The molecule has 0 spiro atoms. The molecule has 0 bridgehead atoms. The Hall–Kier alpha value is -2.28. The maximum atomic E-state index is 12.7. The van der Waals surface area contributed by atoms with Crippen LogP contribution in [-0.4, -0.2) is 122 Å². The number of hydrogen-bond donors (Lipinski definition) is 2. The molecule has 0 aliphatic heterocycles. The number of esters is 4. The summed E-state index contributed by atoms with van der Waals surface area (Å²) >= 11 is 0. The summed E-state index contributed by atoms with van der Waals surface area (Å²) in [6, 6.07) is 0. The Morgan fingerprint density at radius 2 is 0.420 bits per heavy atom. The molecule has 0 atom stereocenters. The van der Waals surface area contributed by atoms with Crippen molar-refractivity contribution < 1.29 is 48.3 Å². The number of carbonyl (C=O) groups is 4.